The number of benzene rings is 2. The van der Waals surface area contributed by atoms with Crippen molar-refractivity contribution in [3.05, 3.63) is 68.7 Å². The molecular formula is C17H18Cl2O. The molecule has 0 fully saturated rings. The SMILES string of the molecule is CCc1ccc(CC)c(C(O)c2cc(Cl)cc(Cl)c2)c1. The van der Waals surface area contributed by atoms with E-state index in [1.807, 2.05) is 0 Å². The van der Waals surface area contributed by atoms with Crippen molar-refractivity contribution >= 4 is 23.2 Å². The van der Waals surface area contributed by atoms with Gasteiger partial charge in [-0.1, -0.05) is 55.2 Å². The Labute approximate surface area is 130 Å². The van der Waals surface area contributed by atoms with Crippen LogP contribution in [0.5, 0.6) is 0 Å². The van der Waals surface area contributed by atoms with E-state index < -0.39 is 6.10 Å². The third-order valence-corrected chi connectivity index (χ3v) is 3.93. The van der Waals surface area contributed by atoms with Crippen molar-refractivity contribution in [3.8, 4) is 0 Å². The Hall–Kier alpha value is -1.02. The Balaban J connectivity index is 2.48. The first-order valence-electron chi connectivity index (χ1n) is 6.80. The number of rotatable bonds is 4. The Morgan fingerprint density at radius 1 is 0.950 bits per heavy atom. The van der Waals surface area contributed by atoms with Crippen molar-refractivity contribution in [1.29, 1.82) is 0 Å². The fraction of sp³-hybridized carbons (Fsp3) is 0.294. The first-order chi connectivity index (χ1) is 9.55. The number of hydrogen-bond acceptors (Lipinski definition) is 1. The Morgan fingerprint density at radius 2 is 1.60 bits per heavy atom. The van der Waals surface area contributed by atoms with Crippen LogP contribution < -0.4 is 0 Å². The highest BCUT2D eigenvalue weighted by Gasteiger charge is 2.15. The van der Waals surface area contributed by atoms with Gasteiger partial charge < -0.3 is 5.11 Å². The van der Waals surface area contributed by atoms with Crippen LogP contribution in [-0.2, 0) is 12.8 Å². The van der Waals surface area contributed by atoms with E-state index in [0.29, 0.717) is 10.0 Å². The number of halogens is 2. The van der Waals surface area contributed by atoms with Crippen molar-refractivity contribution in [1.82, 2.24) is 0 Å². The summed E-state index contributed by atoms with van der Waals surface area (Å²) in [6, 6.07) is 11.5. The predicted molar refractivity (Wildman–Crippen MR) is 85.7 cm³/mol. The summed E-state index contributed by atoms with van der Waals surface area (Å²) in [5.41, 5.74) is 4.02. The molecule has 106 valence electrons. The highest BCUT2D eigenvalue weighted by molar-refractivity contribution is 6.34. The minimum atomic E-state index is -0.701. The van der Waals surface area contributed by atoms with Gasteiger partial charge in [0.1, 0.15) is 6.10 Å². The van der Waals surface area contributed by atoms with Crippen LogP contribution in [0.2, 0.25) is 10.0 Å². The fourth-order valence-electron chi connectivity index (χ4n) is 2.35. The smallest absolute Gasteiger partial charge is 0.104 e. The van der Waals surface area contributed by atoms with Gasteiger partial charge >= 0.3 is 0 Å². The van der Waals surface area contributed by atoms with Crippen LogP contribution in [0, 0.1) is 0 Å². The standard InChI is InChI=1S/C17H18Cl2O/c1-3-11-5-6-12(4-2)16(7-11)17(20)13-8-14(18)10-15(19)9-13/h5-10,17,20H,3-4H2,1-2H3. The monoisotopic (exact) mass is 308 g/mol. The van der Waals surface area contributed by atoms with Gasteiger partial charge in [0.15, 0.2) is 0 Å². The lowest BCUT2D eigenvalue weighted by molar-refractivity contribution is 0.219. The molecule has 1 nitrogen and oxygen atoms in total. The van der Waals surface area contributed by atoms with Crippen LogP contribution in [-0.4, -0.2) is 5.11 Å². The maximum absolute atomic E-state index is 10.7. The fourth-order valence-corrected chi connectivity index (χ4v) is 2.90. The minimum absolute atomic E-state index is 0.538. The van der Waals surface area contributed by atoms with Gasteiger partial charge in [-0.3, -0.25) is 0 Å². The van der Waals surface area contributed by atoms with Crippen molar-refractivity contribution in [3.63, 3.8) is 0 Å². The molecule has 0 saturated carbocycles. The second kappa shape index (κ2) is 6.62. The molecule has 20 heavy (non-hydrogen) atoms. The molecule has 0 bridgehead atoms. The summed E-state index contributed by atoms with van der Waals surface area (Å²) >= 11 is 12.0. The van der Waals surface area contributed by atoms with E-state index >= 15 is 0 Å². The molecule has 0 aliphatic rings. The first kappa shape index (κ1) is 15.4. The van der Waals surface area contributed by atoms with E-state index in [0.717, 1.165) is 29.5 Å². The summed E-state index contributed by atoms with van der Waals surface area (Å²) in [5, 5.41) is 11.7. The lowest BCUT2D eigenvalue weighted by Crippen LogP contribution is -2.04. The van der Waals surface area contributed by atoms with Crippen molar-refractivity contribution < 1.29 is 5.11 Å². The average Bonchev–Trinajstić information content (AvgIpc) is 2.44. The molecule has 0 aliphatic heterocycles. The molecule has 0 aliphatic carbocycles. The number of aliphatic hydroxyl groups excluding tert-OH is 1. The molecule has 1 atom stereocenters. The highest BCUT2D eigenvalue weighted by Crippen LogP contribution is 2.30. The van der Waals surface area contributed by atoms with Gasteiger partial charge in [0, 0.05) is 10.0 Å². The summed E-state index contributed by atoms with van der Waals surface area (Å²) in [5.74, 6) is 0. The molecule has 0 amide bonds. The lowest BCUT2D eigenvalue weighted by Gasteiger charge is -2.17. The summed E-state index contributed by atoms with van der Waals surface area (Å²) in [6.07, 6.45) is 1.12. The molecule has 2 aromatic carbocycles. The van der Waals surface area contributed by atoms with Crippen molar-refractivity contribution in [2.45, 2.75) is 32.8 Å². The van der Waals surface area contributed by atoms with Crippen LogP contribution >= 0.6 is 23.2 Å². The summed E-state index contributed by atoms with van der Waals surface area (Å²) in [7, 11) is 0. The Bertz CT molecular complexity index is 588. The van der Waals surface area contributed by atoms with E-state index in [1.54, 1.807) is 18.2 Å². The number of aliphatic hydroxyl groups is 1. The van der Waals surface area contributed by atoms with Crippen molar-refractivity contribution in [2.24, 2.45) is 0 Å². The van der Waals surface area contributed by atoms with Crippen molar-refractivity contribution in [2.75, 3.05) is 0 Å². The van der Waals surface area contributed by atoms with Gasteiger partial charge in [-0.15, -0.1) is 0 Å². The Morgan fingerprint density at radius 3 is 2.15 bits per heavy atom. The number of hydrogen-bond donors (Lipinski definition) is 1. The lowest BCUT2D eigenvalue weighted by atomic mass is 9.93. The zero-order valence-electron chi connectivity index (χ0n) is 11.7. The number of aryl methyl sites for hydroxylation is 2. The van der Waals surface area contributed by atoms with Gasteiger partial charge in [0.05, 0.1) is 0 Å². The molecule has 2 rings (SSSR count). The molecule has 3 heteroatoms. The van der Waals surface area contributed by atoms with Gasteiger partial charge in [-0.05, 0) is 53.3 Å². The van der Waals surface area contributed by atoms with Gasteiger partial charge in [0.25, 0.3) is 0 Å². The second-order valence-electron chi connectivity index (χ2n) is 4.85. The van der Waals surface area contributed by atoms with E-state index in [2.05, 4.69) is 32.0 Å². The van der Waals surface area contributed by atoms with Crippen LogP contribution in [0.15, 0.2) is 36.4 Å². The molecule has 1 unspecified atom stereocenters. The predicted octanol–water partition coefficient (Wildman–Crippen LogP) is 5.20. The third kappa shape index (κ3) is 3.35. The van der Waals surface area contributed by atoms with E-state index in [4.69, 9.17) is 23.2 Å². The van der Waals surface area contributed by atoms with Crippen LogP contribution in [0.4, 0.5) is 0 Å². The largest absolute Gasteiger partial charge is 0.384 e. The average molecular weight is 309 g/mol. The molecule has 2 aromatic rings. The van der Waals surface area contributed by atoms with Gasteiger partial charge in [-0.25, -0.2) is 0 Å². The molecular weight excluding hydrogens is 291 g/mol. The molecule has 0 radical (unpaired) electrons. The van der Waals surface area contributed by atoms with Crippen LogP contribution in [0.3, 0.4) is 0 Å². The van der Waals surface area contributed by atoms with E-state index in [-0.39, 0.29) is 0 Å². The molecule has 0 heterocycles. The Kier molecular flexibility index (Phi) is 5.09. The first-order valence-corrected chi connectivity index (χ1v) is 7.56. The zero-order valence-corrected chi connectivity index (χ0v) is 13.2. The molecule has 0 saturated heterocycles. The highest BCUT2D eigenvalue weighted by atomic mass is 35.5. The second-order valence-corrected chi connectivity index (χ2v) is 5.72. The minimum Gasteiger partial charge on any atom is -0.384 e. The summed E-state index contributed by atoms with van der Waals surface area (Å²) in [4.78, 5) is 0. The van der Waals surface area contributed by atoms with E-state index in [9.17, 15) is 5.11 Å². The van der Waals surface area contributed by atoms with Crippen LogP contribution in [0.25, 0.3) is 0 Å². The molecule has 1 N–H and O–H groups in total. The maximum Gasteiger partial charge on any atom is 0.104 e. The van der Waals surface area contributed by atoms with Gasteiger partial charge in [-0.2, -0.15) is 0 Å². The topological polar surface area (TPSA) is 20.2 Å². The van der Waals surface area contributed by atoms with Gasteiger partial charge in [0.2, 0.25) is 0 Å². The normalized spacial score (nSPS) is 12.4. The summed E-state index contributed by atoms with van der Waals surface area (Å²) in [6.45, 7) is 4.19. The third-order valence-electron chi connectivity index (χ3n) is 3.49. The van der Waals surface area contributed by atoms with E-state index in [1.165, 1.54) is 5.56 Å². The summed E-state index contributed by atoms with van der Waals surface area (Å²) < 4.78 is 0. The van der Waals surface area contributed by atoms with Crippen LogP contribution in [0.1, 0.15) is 42.2 Å². The maximum atomic E-state index is 10.7. The molecule has 0 aromatic heterocycles. The quantitative estimate of drug-likeness (QED) is 0.823. The zero-order chi connectivity index (χ0) is 14.7. The molecule has 0 spiro atoms.